The molecule has 2 aromatic carbocycles. The maximum atomic E-state index is 14.7. The fraction of sp³-hybridized carbons (Fsp3) is 0.360. The van der Waals surface area contributed by atoms with Crippen LogP contribution in [0.5, 0.6) is 11.5 Å². The van der Waals surface area contributed by atoms with Crippen molar-refractivity contribution in [3.8, 4) is 11.5 Å². The minimum absolute atomic E-state index is 0.116. The van der Waals surface area contributed by atoms with Crippen molar-refractivity contribution < 1.29 is 18.6 Å². The molecule has 0 amide bonds. The van der Waals surface area contributed by atoms with Crippen molar-refractivity contribution in [2.24, 2.45) is 0 Å². The van der Waals surface area contributed by atoms with Gasteiger partial charge in [-0.25, -0.2) is 0 Å². The Balaban J connectivity index is 1.90. The lowest BCUT2D eigenvalue weighted by Crippen LogP contribution is -2.39. The summed E-state index contributed by atoms with van der Waals surface area (Å²) in [4.78, 5) is 1.49. The molecule has 32 heavy (non-hydrogen) atoms. The van der Waals surface area contributed by atoms with Crippen LogP contribution in [0, 0.1) is 0 Å². The van der Waals surface area contributed by atoms with Crippen molar-refractivity contribution in [1.82, 2.24) is 4.90 Å². The first-order valence-corrected chi connectivity index (χ1v) is 11.4. The second-order valence-electron chi connectivity index (χ2n) is 7.60. The lowest BCUT2D eigenvalue weighted by atomic mass is 10.0. The highest BCUT2D eigenvalue weighted by Crippen LogP contribution is 2.41. The molecule has 0 aromatic heterocycles. The zero-order valence-corrected chi connectivity index (χ0v) is 20.0. The van der Waals surface area contributed by atoms with E-state index >= 15 is 0 Å². The molecule has 0 N–H and O–H groups in total. The van der Waals surface area contributed by atoms with Crippen LogP contribution in [0.2, 0.25) is 10.0 Å². The molecule has 1 saturated heterocycles. The molecule has 1 aliphatic heterocycles. The van der Waals surface area contributed by atoms with Crippen LogP contribution in [-0.2, 0) is 15.3 Å². The minimum atomic E-state index is -1.22. The Labute approximate surface area is 199 Å². The van der Waals surface area contributed by atoms with Gasteiger partial charge in [-0.2, -0.15) is 4.39 Å². The minimum Gasteiger partial charge on any atom is -0.457 e. The summed E-state index contributed by atoms with van der Waals surface area (Å²) in [5.74, 6) is -0.409. The first-order valence-electron chi connectivity index (χ1n) is 10.7. The van der Waals surface area contributed by atoms with E-state index in [9.17, 15) is 4.39 Å². The van der Waals surface area contributed by atoms with E-state index in [1.807, 2.05) is 13.0 Å². The third-order valence-electron chi connectivity index (χ3n) is 4.97. The van der Waals surface area contributed by atoms with Crippen LogP contribution in [0.15, 0.2) is 66.8 Å². The average Bonchev–Trinajstić information content (AvgIpc) is 3.15. The molecule has 3 rings (SSSR count). The largest absolute Gasteiger partial charge is 0.457 e. The van der Waals surface area contributed by atoms with Crippen molar-refractivity contribution in [1.29, 1.82) is 0 Å². The van der Waals surface area contributed by atoms with Crippen molar-refractivity contribution in [3.63, 3.8) is 0 Å². The van der Waals surface area contributed by atoms with Crippen LogP contribution in [0.25, 0.3) is 0 Å². The Morgan fingerprint density at radius 3 is 2.53 bits per heavy atom. The number of unbranched alkanes of at least 4 members (excludes halogenated alkanes) is 1. The third-order valence-corrected chi connectivity index (χ3v) is 5.54. The van der Waals surface area contributed by atoms with Crippen LogP contribution in [-0.4, -0.2) is 24.2 Å². The van der Waals surface area contributed by atoms with Crippen molar-refractivity contribution >= 4 is 23.2 Å². The molecule has 2 unspecified atom stereocenters. The summed E-state index contributed by atoms with van der Waals surface area (Å²) >= 11 is 12.6. The van der Waals surface area contributed by atoms with Gasteiger partial charge in [-0.15, -0.1) is 0 Å². The fourth-order valence-corrected chi connectivity index (χ4v) is 3.86. The highest BCUT2D eigenvalue weighted by atomic mass is 35.5. The summed E-state index contributed by atoms with van der Waals surface area (Å²) in [7, 11) is 0. The monoisotopic (exact) mass is 479 g/mol. The van der Waals surface area contributed by atoms with E-state index < -0.39 is 5.79 Å². The van der Waals surface area contributed by atoms with Crippen molar-refractivity contribution in [2.75, 3.05) is 13.2 Å². The third kappa shape index (κ3) is 6.04. The molecular formula is C25H28Cl2FNO3. The van der Waals surface area contributed by atoms with Gasteiger partial charge in [0.05, 0.1) is 24.3 Å². The molecule has 0 aliphatic carbocycles. The molecule has 1 fully saturated rings. The van der Waals surface area contributed by atoms with Crippen molar-refractivity contribution in [2.45, 2.75) is 45.5 Å². The smallest absolute Gasteiger partial charge is 0.215 e. The Bertz CT molecular complexity index is 964. The van der Waals surface area contributed by atoms with Gasteiger partial charge < -0.3 is 19.1 Å². The quantitative estimate of drug-likeness (QED) is 0.343. The summed E-state index contributed by atoms with van der Waals surface area (Å²) in [5, 5.41) is 1.03. The van der Waals surface area contributed by atoms with Crippen LogP contribution in [0.3, 0.4) is 0 Å². The van der Waals surface area contributed by atoms with E-state index in [-0.39, 0.29) is 18.6 Å². The number of hydrogen-bond donors (Lipinski definition) is 0. The zero-order valence-electron chi connectivity index (χ0n) is 18.5. The predicted octanol–water partition coefficient (Wildman–Crippen LogP) is 7.82. The lowest BCUT2D eigenvalue weighted by Gasteiger charge is -2.33. The SMILES string of the molecule is C/C=C(/F)N(/C=C/CCC)CC1(c2ccc(Oc3ccc(Cl)cc3)cc2Cl)OCC(C)O1. The van der Waals surface area contributed by atoms with Gasteiger partial charge in [0.25, 0.3) is 0 Å². The van der Waals surface area contributed by atoms with Gasteiger partial charge in [0, 0.05) is 16.8 Å². The van der Waals surface area contributed by atoms with Crippen LogP contribution >= 0.6 is 23.2 Å². The second-order valence-corrected chi connectivity index (χ2v) is 8.45. The number of benzene rings is 2. The molecule has 2 aromatic rings. The first kappa shape index (κ1) is 24.6. The molecule has 1 aliphatic rings. The van der Waals surface area contributed by atoms with Gasteiger partial charge in [0.15, 0.2) is 5.95 Å². The molecule has 172 valence electrons. The molecule has 0 radical (unpaired) electrons. The van der Waals surface area contributed by atoms with Crippen LogP contribution in [0.1, 0.15) is 39.2 Å². The Morgan fingerprint density at radius 2 is 1.94 bits per heavy atom. The summed E-state index contributed by atoms with van der Waals surface area (Å²) in [5.41, 5.74) is 0.616. The summed E-state index contributed by atoms with van der Waals surface area (Å²) < 4.78 is 32.8. The van der Waals surface area contributed by atoms with E-state index in [0.29, 0.717) is 33.7 Å². The maximum Gasteiger partial charge on any atom is 0.215 e. The Kier molecular flexibility index (Phi) is 8.60. The molecule has 1 heterocycles. The zero-order chi connectivity index (χ0) is 23.1. The normalized spacial score (nSPS) is 21.3. The van der Waals surface area contributed by atoms with E-state index in [2.05, 4.69) is 6.92 Å². The van der Waals surface area contributed by atoms with E-state index in [1.54, 1.807) is 55.6 Å². The number of rotatable bonds is 9. The Morgan fingerprint density at radius 1 is 1.22 bits per heavy atom. The van der Waals surface area contributed by atoms with Crippen molar-refractivity contribution in [3.05, 3.63) is 82.4 Å². The van der Waals surface area contributed by atoms with Gasteiger partial charge in [0.2, 0.25) is 5.79 Å². The number of ether oxygens (including phenoxy) is 3. The number of hydrogen-bond acceptors (Lipinski definition) is 4. The molecule has 2 atom stereocenters. The summed E-state index contributed by atoms with van der Waals surface area (Å²) in [6.07, 6.45) is 6.72. The fourth-order valence-electron chi connectivity index (χ4n) is 3.42. The van der Waals surface area contributed by atoms with E-state index in [1.165, 1.54) is 11.0 Å². The van der Waals surface area contributed by atoms with Crippen LogP contribution < -0.4 is 4.74 Å². The molecule has 0 spiro atoms. The van der Waals surface area contributed by atoms with E-state index in [4.69, 9.17) is 37.4 Å². The van der Waals surface area contributed by atoms with E-state index in [0.717, 1.165) is 12.8 Å². The molecule has 0 bridgehead atoms. The maximum absolute atomic E-state index is 14.7. The lowest BCUT2D eigenvalue weighted by molar-refractivity contribution is -0.182. The van der Waals surface area contributed by atoms with Gasteiger partial charge in [-0.1, -0.05) is 42.6 Å². The topological polar surface area (TPSA) is 30.9 Å². The van der Waals surface area contributed by atoms with Gasteiger partial charge >= 0.3 is 0 Å². The summed E-state index contributed by atoms with van der Waals surface area (Å²) in [6, 6.07) is 12.3. The molecule has 0 saturated carbocycles. The molecular weight excluding hydrogens is 452 g/mol. The number of halogens is 3. The molecule has 7 heteroatoms. The highest BCUT2D eigenvalue weighted by Gasteiger charge is 2.45. The average molecular weight is 480 g/mol. The standard InChI is InChI=1S/C25H28Cl2FNO3/c1-4-6-7-14-29(24(28)5-2)17-25(30-16-18(3)32-25)22-13-12-21(15-23(22)27)31-20-10-8-19(26)9-11-20/h5,7-15,18H,4,6,16-17H2,1-3H3/b14-7+,24-5-. The van der Waals surface area contributed by atoms with Gasteiger partial charge in [-0.3, -0.25) is 0 Å². The second kappa shape index (κ2) is 11.2. The van der Waals surface area contributed by atoms with Crippen LogP contribution in [0.4, 0.5) is 4.39 Å². The summed E-state index contributed by atoms with van der Waals surface area (Å²) in [6.45, 7) is 6.13. The highest BCUT2D eigenvalue weighted by molar-refractivity contribution is 6.31. The van der Waals surface area contributed by atoms with Gasteiger partial charge in [0.1, 0.15) is 11.5 Å². The first-order chi connectivity index (χ1) is 15.4. The molecule has 4 nitrogen and oxygen atoms in total. The van der Waals surface area contributed by atoms with Gasteiger partial charge in [-0.05, 0) is 68.8 Å². The predicted molar refractivity (Wildman–Crippen MR) is 127 cm³/mol. The Hall–Kier alpha value is -2.05. The number of nitrogens with zero attached hydrogens (tertiary/aromatic N) is 1. The number of allylic oxidation sites excluding steroid dienone is 2.